The van der Waals surface area contributed by atoms with Crippen molar-refractivity contribution in [1.29, 1.82) is 5.26 Å². The molecule has 0 aromatic carbocycles. The molecule has 0 aliphatic carbocycles. The molecule has 1 aromatic heterocycles. The van der Waals surface area contributed by atoms with Crippen molar-refractivity contribution < 1.29 is 13.2 Å². The van der Waals surface area contributed by atoms with Gasteiger partial charge in [0.1, 0.15) is 0 Å². The number of rotatable bonds is 4. The third kappa shape index (κ3) is 4.04. The molecule has 1 rings (SSSR count). The van der Waals surface area contributed by atoms with Gasteiger partial charge < -0.3 is 5.32 Å². The first-order chi connectivity index (χ1) is 7.95. The van der Waals surface area contributed by atoms with Gasteiger partial charge in [-0.05, 0) is 19.1 Å². The summed E-state index contributed by atoms with van der Waals surface area (Å²) in [7, 11) is 0. The number of hydrogen-bond acceptors (Lipinski definition) is 3. The van der Waals surface area contributed by atoms with Gasteiger partial charge >= 0.3 is 6.18 Å². The van der Waals surface area contributed by atoms with Crippen LogP contribution in [0.5, 0.6) is 0 Å². The SMILES string of the molecule is CC(NCC(C#N)C(F)(F)F)c1ccccn1. The summed E-state index contributed by atoms with van der Waals surface area (Å²) < 4.78 is 36.9. The van der Waals surface area contributed by atoms with E-state index in [0.717, 1.165) is 0 Å². The predicted octanol–water partition coefficient (Wildman–Crippen LogP) is 2.43. The molecule has 2 unspecified atom stereocenters. The van der Waals surface area contributed by atoms with Crippen LogP contribution in [0.4, 0.5) is 13.2 Å². The summed E-state index contributed by atoms with van der Waals surface area (Å²) in [5.74, 6) is -1.99. The summed E-state index contributed by atoms with van der Waals surface area (Å²) in [5.41, 5.74) is 0.645. The Balaban J connectivity index is 2.54. The average molecular weight is 243 g/mol. The maximum Gasteiger partial charge on any atom is 0.405 e. The zero-order chi connectivity index (χ0) is 12.9. The number of nitriles is 1. The fourth-order valence-electron chi connectivity index (χ4n) is 1.27. The second-order valence-corrected chi connectivity index (χ2v) is 3.61. The maximum absolute atomic E-state index is 12.3. The largest absolute Gasteiger partial charge is 0.405 e. The second-order valence-electron chi connectivity index (χ2n) is 3.61. The van der Waals surface area contributed by atoms with E-state index in [-0.39, 0.29) is 6.04 Å². The first-order valence-corrected chi connectivity index (χ1v) is 5.05. The molecule has 17 heavy (non-hydrogen) atoms. The highest BCUT2D eigenvalue weighted by molar-refractivity contribution is 5.07. The van der Waals surface area contributed by atoms with Gasteiger partial charge in [-0.2, -0.15) is 18.4 Å². The topological polar surface area (TPSA) is 48.7 Å². The van der Waals surface area contributed by atoms with Crippen molar-refractivity contribution in [2.45, 2.75) is 19.1 Å². The maximum atomic E-state index is 12.3. The highest BCUT2D eigenvalue weighted by Crippen LogP contribution is 2.25. The van der Waals surface area contributed by atoms with Gasteiger partial charge in [-0.3, -0.25) is 4.98 Å². The standard InChI is InChI=1S/C11H12F3N3/c1-8(10-4-2-3-5-16-10)17-7-9(6-15)11(12,13)14/h2-5,8-9,17H,7H2,1H3. The van der Waals surface area contributed by atoms with Crippen molar-refractivity contribution in [3.63, 3.8) is 0 Å². The number of hydrogen-bond donors (Lipinski definition) is 1. The third-order valence-corrected chi connectivity index (χ3v) is 2.31. The fourth-order valence-corrected chi connectivity index (χ4v) is 1.27. The molecule has 2 atom stereocenters. The molecule has 1 N–H and O–H groups in total. The molecule has 3 nitrogen and oxygen atoms in total. The van der Waals surface area contributed by atoms with E-state index in [4.69, 9.17) is 5.26 Å². The van der Waals surface area contributed by atoms with Crippen LogP contribution in [0.15, 0.2) is 24.4 Å². The van der Waals surface area contributed by atoms with E-state index < -0.39 is 18.6 Å². The lowest BCUT2D eigenvalue weighted by Gasteiger charge is -2.17. The Morgan fingerprint density at radius 2 is 2.18 bits per heavy atom. The quantitative estimate of drug-likeness (QED) is 0.883. The zero-order valence-electron chi connectivity index (χ0n) is 9.20. The molecule has 0 aliphatic rings. The van der Waals surface area contributed by atoms with Crippen molar-refractivity contribution in [2.24, 2.45) is 5.92 Å². The van der Waals surface area contributed by atoms with Crippen LogP contribution >= 0.6 is 0 Å². The molecule has 0 aliphatic heterocycles. The lowest BCUT2D eigenvalue weighted by molar-refractivity contribution is -0.157. The molecular formula is C11H12F3N3. The minimum absolute atomic E-state index is 0.325. The van der Waals surface area contributed by atoms with Gasteiger partial charge in [0, 0.05) is 18.8 Å². The Kier molecular flexibility index (Phi) is 4.46. The Labute approximate surface area is 97.3 Å². The van der Waals surface area contributed by atoms with E-state index >= 15 is 0 Å². The molecule has 0 radical (unpaired) electrons. The van der Waals surface area contributed by atoms with Gasteiger partial charge in [0.25, 0.3) is 0 Å². The van der Waals surface area contributed by atoms with Crippen molar-refractivity contribution in [3.05, 3.63) is 30.1 Å². The summed E-state index contributed by atoms with van der Waals surface area (Å²) in [6, 6.07) is 6.11. The number of pyridine rings is 1. The van der Waals surface area contributed by atoms with Gasteiger partial charge in [0.15, 0.2) is 5.92 Å². The van der Waals surface area contributed by atoms with Gasteiger partial charge in [-0.15, -0.1) is 0 Å². The van der Waals surface area contributed by atoms with Gasteiger partial charge in [-0.1, -0.05) is 6.07 Å². The van der Waals surface area contributed by atoms with Crippen LogP contribution in [0, 0.1) is 17.2 Å². The summed E-state index contributed by atoms with van der Waals surface area (Å²) >= 11 is 0. The Bertz CT molecular complexity index is 383. The number of nitrogens with one attached hydrogen (secondary N) is 1. The molecule has 0 saturated heterocycles. The van der Waals surface area contributed by atoms with E-state index in [0.29, 0.717) is 5.69 Å². The van der Waals surface area contributed by atoms with Gasteiger partial charge in [0.05, 0.1) is 11.8 Å². The molecular weight excluding hydrogens is 231 g/mol. The summed E-state index contributed by atoms with van der Waals surface area (Å²) in [5, 5.41) is 11.1. The van der Waals surface area contributed by atoms with E-state index in [2.05, 4.69) is 10.3 Å². The van der Waals surface area contributed by atoms with E-state index in [1.807, 2.05) is 0 Å². The summed E-state index contributed by atoms with van der Waals surface area (Å²) in [6.07, 6.45) is -2.93. The third-order valence-electron chi connectivity index (χ3n) is 2.31. The van der Waals surface area contributed by atoms with Crippen molar-refractivity contribution in [1.82, 2.24) is 10.3 Å². The molecule has 92 valence electrons. The average Bonchev–Trinajstić information content (AvgIpc) is 2.29. The van der Waals surface area contributed by atoms with Crippen LogP contribution in [0.25, 0.3) is 0 Å². The van der Waals surface area contributed by atoms with E-state index in [9.17, 15) is 13.2 Å². The van der Waals surface area contributed by atoms with Crippen LogP contribution in [0.3, 0.4) is 0 Å². The minimum Gasteiger partial charge on any atom is -0.307 e. The molecule has 0 bridgehead atoms. The van der Waals surface area contributed by atoms with Crippen LogP contribution in [0.1, 0.15) is 18.7 Å². The number of halogens is 3. The monoisotopic (exact) mass is 243 g/mol. The Hall–Kier alpha value is -1.61. The van der Waals surface area contributed by atoms with Crippen LogP contribution in [0.2, 0.25) is 0 Å². The molecule has 0 saturated carbocycles. The minimum atomic E-state index is -4.49. The van der Waals surface area contributed by atoms with E-state index in [1.54, 1.807) is 31.3 Å². The molecule has 0 fully saturated rings. The highest BCUT2D eigenvalue weighted by atomic mass is 19.4. The molecule has 6 heteroatoms. The first-order valence-electron chi connectivity index (χ1n) is 5.05. The van der Waals surface area contributed by atoms with E-state index in [1.165, 1.54) is 6.07 Å². The molecule has 0 spiro atoms. The number of alkyl halides is 3. The highest BCUT2D eigenvalue weighted by Gasteiger charge is 2.39. The first kappa shape index (κ1) is 13.5. The van der Waals surface area contributed by atoms with Crippen molar-refractivity contribution in [2.75, 3.05) is 6.54 Å². The lowest BCUT2D eigenvalue weighted by atomic mass is 10.1. The van der Waals surface area contributed by atoms with Crippen molar-refractivity contribution >= 4 is 0 Å². The van der Waals surface area contributed by atoms with Gasteiger partial charge in [0.2, 0.25) is 0 Å². The number of aromatic nitrogens is 1. The number of nitrogens with zero attached hydrogens (tertiary/aromatic N) is 2. The van der Waals surface area contributed by atoms with Crippen molar-refractivity contribution in [3.8, 4) is 6.07 Å². The lowest BCUT2D eigenvalue weighted by Crippen LogP contribution is -2.34. The van der Waals surface area contributed by atoms with Gasteiger partial charge in [-0.25, -0.2) is 0 Å². The predicted molar refractivity (Wildman–Crippen MR) is 55.8 cm³/mol. The smallest absolute Gasteiger partial charge is 0.307 e. The second kappa shape index (κ2) is 5.64. The van der Waals surface area contributed by atoms with Crippen LogP contribution < -0.4 is 5.32 Å². The Morgan fingerprint density at radius 1 is 1.47 bits per heavy atom. The summed E-state index contributed by atoms with van der Waals surface area (Å²) in [4.78, 5) is 4.02. The molecule has 1 aromatic rings. The fraction of sp³-hybridized carbons (Fsp3) is 0.455. The summed E-state index contributed by atoms with van der Waals surface area (Å²) in [6.45, 7) is 1.27. The molecule has 0 amide bonds. The zero-order valence-corrected chi connectivity index (χ0v) is 9.20. The normalized spacial score (nSPS) is 15.0. The molecule has 1 heterocycles. The van der Waals surface area contributed by atoms with Crippen LogP contribution in [-0.4, -0.2) is 17.7 Å². The Morgan fingerprint density at radius 3 is 2.65 bits per heavy atom. The van der Waals surface area contributed by atoms with Crippen LogP contribution in [-0.2, 0) is 0 Å².